The van der Waals surface area contributed by atoms with E-state index >= 15 is 0 Å². The second-order valence-electron chi connectivity index (χ2n) is 8.12. The predicted molar refractivity (Wildman–Crippen MR) is 112 cm³/mol. The van der Waals surface area contributed by atoms with E-state index in [1.165, 1.54) is 5.56 Å². The monoisotopic (exact) mass is 378 g/mol. The van der Waals surface area contributed by atoms with Gasteiger partial charge in [0.2, 0.25) is 0 Å². The third-order valence-corrected chi connectivity index (χ3v) is 6.09. The zero-order valence-corrected chi connectivity index (χ0v) is 16.6. The van der Waals surface area contributed by atoms with Gasteiger partial charge in [-0.3, -0.25) is 0 Å². The third-order valence-electron chi connectivity index (χ3n) is 6.09. The smallest absolute Gasteiger partial charge is 0.318 e. The van der Waals surface area contributed by atoms with Gasteiger partial charge in [0.15, 0.2) is 0 Å². The van der Waals surface area contributed by atoms with Crippen molar-refractivity contribution in [3.63, 3.8) is 0 Å². The summed E-state index contributed by atoms with van der Waals surface area (Å²) in [4.78, 5) is 15.0. The van der Waals surface area contributed by atoms with E-state index in [1.54, 1.807) is 7.11 Å². The van der Waals surface area contributed by atoms with Crippen LogP contribution in [0.3, 0.4) is 0 Å². The van der Waals surface area contributed by atoms with E-state index in [1.807, 2.05) is 12.1 Å². The molecule has 2 amide bonds. The maximum atomic E-state index is 13.0. The lowest BCUT2D eigenvalue weighted by Gasteiger charge is -2.37. The quantitative estimate of drug-likeness (QED) is 0.760. The summed E-state index contributed by atoms with van der Waals surface area (Å²) < 4.78 is 5.26. The Kier molecular flexibility index (Phi) is 5.84. The molecule has 0 aromatic heterocycles. The van der Waals surface area contributed by atoms with Gasteiger partial charge in [0.05, 0.1) is 7.11 Å². The molecule has 4 heteroatoms. The number of hydrogen-bond donors (Lipinski definition) is 1. The van der Waals surface area contributed by atoms with Crippen molar-refractivity contribution in [3.05, 3.63) is 65.7 Å². The minimum absolute atomic E-state index is 0.0986. The fraction of sp³-hybridized carbons (Fsp3) is 0.458. The molecular formula is C24H30N2O2. The zero-order valence-electron chi connectivity index (χ0n) is 16.6. The van der Waals surface area contributed by atoms with Gasteiger partial charge < -0.3 is 15.0 Å². The number of nitrogens with one attached hydrogen (secondary N) is 1. The molecule has 0 atom stereocenters. The fourth-order valence-electron chi connectivity index (χ4n) is 4.23. The summed E-state index contributed by atoms with van der Waals surface area (Å²) in [5, 5.41) is 3.20. The van der Waals surface area contributed by atoms with E-state index in [4.69, 9.17) is 4.74 Å². The van der Waals surface area contributed by atoms with Crippen molar-refractivity contribution in [1.29, 1.82) is 0 Å². The van der Waals surface area contributed by atoms with Gasteiger partial charge in [-0.25, -0.2) is 4.79 Å². The summed E-state index contributed by atoms with van der Waals surface area (Å²) in [7, 11) is 1.68. The van der Waals surface area contributed by atoms with Crippen LogP contribution >= 0.6 is 0 Å². The van der Waals surface area contributed by atoms with Gasteiger partial charge >= 0.3 is 6.03 Å². The first-order valence-corrected chi connectivity index (χ1v) is 10.5. The number of carbonyl (C=O) groups excluding carboxylic acids is 1. The van der Waals surface area contributed by atoms with Crippen molar-refractivity contribution in [2.45, 2.75) is 63.1 Å². The first kappa shape index (κ1) is 18.9. The highest BCUT2D eigenvalue weighted by Gasteiger charge is 2.32. The number of methoxy groups -OCH3 is 1. The first-order chi connectivity index (χ1) is 13.7. The van der Waals surface area contributed by atoms with Gasteiger partial charge in [0, 0.05) is 18.6 Å². The highest BCUT2D eigenvalue weighted by molar-refractivity contribution is 5.75. The Labute approximate surface area is 167 Å². The van der Waals surface area contributed by atoms with Gasteiger partial charge in [-0.15, -0.1) is 0 Å². The van der Waals surface area contributed by atoms with Gasteiger partial charge in [-0.2, -0.15) is 0 Å². The topological polar surface area (TPSA) is 41.6 Å². The number of carbonyl (C=O) groups is 1. The minimum Gasteiger partial charge on any atom is -0.497 e. The van der Waals surface area contributed by atoms with E-state index in [0.29, 0.717) is 24.5 Å². The molecule has 2 fully saturated rings. The molecule has 0 aliphatic heterocycles. The van der Waals surface area contributed by atoms with Crippen molar-refractivity contribution in [2.24, 2.45) is 0 Å². The fourth-order valence-corrected chi connectivity index (χ4v) is 4.23. The van der Waals surface area contributed by atoms with Gasteiger partial charge in [-0.1, -0.05) is 42.5 Å². The predicted octanol–water partition coefficient (Wildman–Crippen LogP) is 5.10. The van der Waals surface area contributed by atoms with E-state index in [0.717, 1.165) is 49.8 Å². The molecule has 0 bridgehead atoms. The maximum Gasteiger partial charge on any atom is 0.318 e. The number of hydrogen-bond acceptors (Lipinski definition) is 2. The number of benzene rings is 2. The van der Waals surface area contributed by atoms with Crippen LogP contribution in [0.1, 0.15) is 55.6 Å². The normalized spacial score (nSPS) is 21.8. The molecule has 0 radical (unpaired) electrons. The maximum absolute atomic E-state index is 13.0. The Morgan fingerprint density at radius 1 is 0.964 bits per heavy atom. The molecule has 2 aliphatic carbocycles. The van der Waals surface area contributed by atoms with Gasteiger partial charge in [0.25, 0.3) is 0 Å². The number of rotatable bonds is 6. The second kappa shape index (κ2) is 8.68. The Bertz CT molecular complexity index is 763. The molecule has 2 saturated carbocycles. The Morgan fingerprint density at radius 3 is 2.25 bits per heavy atom. The zero-order chi connectivity index (χ0) is 19.3. The average Bonchev–Trinajstić information content (AvgIpc) is 3.57. The van der Waals surface area contributed by atoms with Crippen LogP contribution < -0.4 is 10.1 Å². The first-order valence-electron chi connectivity index (χ1n) is 10.5. The second-order valence-corrected chi connectivity index (χ2v) is 8.12. The largest absolute Gasteiger partial charge is 0.497 e. The Hall–Kier alpha value is -2.49. The van der Waals surface area contributed by atoms with Crippen molar-refractivity contribution in [2.75, 3.05) is 7.11 Å². The Balaban J connectivity index is 1.43. The lowest BCUT2D eigenvalue weighted by molar-refractivity contribution is 0.146. The van der Waals surface area contributed by atoms with Crippen LogP contribution in [0.15, 0.2) is 54.6 Å². The van der Waals surface area contributed by atoms with Crippen LogP contribution in [-0.4, -0.2) is 30.1 Å². The van der Waals surface area contributed by atoms with Crippen LogP contribution in [-0.2, 0) is 6.54 Å². The lowest BCUT2D eigenvalue weighted by atomic mass is 9.81. The molecule has 0 heterocycles. The standard InChI is InChI=1S/C24H30N2O2/c1-28-23-15-7-18(8-16-23)17-26(24(27)25-21-11-12-21)22-13-9-20(10-14-22)19-5-3-2-4-6-19/h2-8,15-16,20-22H,9-14,17H2,1H3,(H,25,27). The highest BCUT2D eigenvalue weighted by Crippen LogP contribution is 2.35. The van der Waals surface area contributed by atoms with Crippen LogP contribution in [0, 0.1) is 0 Å². The van der Waals surface area contributed by atoms with Crippen LogP contribution in [0.2, 0.25) is 0 Å². The highest BCUT2D eigenvalue weighted by atomic mass is 16.5. The summed E-state index contributed by atoms with van der Waals surface area (Å²) in [6, 6.07) is 19.7. The molecule has 28 heavy (non-hydrogen) atoms. The number of amides is 2. The molecule has 4 rings (SSSR count). The van der Waals surface area contributed by atoms with Crippen molar-refractivity contribution >= 4 is 6.03 Å². The molecule has 4 nitrogen and oxygen atoms in total. The molecule has 148 valence electrons. The minimum atomic E-state index is 0.0986. The van der Waals surface area contributed by atoms with E-state index < -0.39 is 0 Å². The van der Waals surface area contributed by atoms with Crippen LogP contribution in [0.4, 0.5) is 4.79 Å². The summed E-state index contributed by atoms with van der Waals surface area (Å²) in [5.74, 6) is 1.47. The SMILES string of the molecule is COc1ccc(CN(C(=O)NC2CC2)C2CCC(c3ccccc3)CC2)cc1. The number of nitrogens with zero attached hydrogens (tertiary/aromatic N) is 1. The summed E-state index contributed by atoms with van der Waals surface area (Å²) in [6.07, 6.45) is 6.64. The number of ether oxygens (including phenoxy) is 1. The molecular weight excluding hydrogens is 348 g/mol. The summed E-state index contributed by atoms with van der Waals surface area (Å²) in [6.45, 7) is 0.656. The molecule has 2 aromatic carbocycles. The molecule has 2 aliphatic rings. The van der Waals surface area contributed by atoms with Crippen molar-refractivity contribution in [3.8, 4) is 5.75 Å². The van der Waals surface area contributed by atoms with Gasteiger partial charge in [0.1, 0.15) is 5.75 Å². The molecule has 2 aromatic rings. The van der Waals surface area contributed by atoms with Gasteiger partial charge in [-0.05, 0) is 67.7 Å². The average molecular weight is 379 g/mol. The van der Waals surface area contributed by atoms with Crippen molar-refractivity contribution < 1.29 is 9.53 Å². The molecule has 1 N–H and O–H groups in total. The van der Waals surface area contributed by atoms with Crippen molar-refractivity contribution in [1.82, 2.24) is 10.2 Å². The molecule has 0 unspecified atom stereocenters. The number of urea groups is 1. The Morgan fingerprint density at radius 2 is 1.64 bits per heavy atom. The summed E-state index contributed by atoms with van der Waals surface area (Å²) in [5.41, 5.74) is 2.59. The molecule has 0 saturated heterocycles. The molecule has 0 spiro atoms. The van der Waals surface area contributed by atoms with Crippen LogP contribution in [0.5, 0.6) is 5.75 Å². The van der Waals surface area contributed by atoms with E-state index in [9.17, 15) is 4.79 Å². The van der Waals surface area contributed by atoms with E-state index in [2.05, 4.69) is 52.7 Å². The summed E-state index contributed by atoms with van der Waals surface area (Å²) >= 11 is 0. The van der Waals surface area contributed by atoms with Crippen LogP contribution in [0.25, 0.3) is 0 Å². The lowest BCUT2D eigenvalue weighted by Crippen LogP contribution is -2.47. The van der Waals surface area contributed by atoms with E-state index in [-0.39, 0.29) is 6.03 Å². The third kappa shape index (κ3) is 4.67.